The van der Waals surface area contributed by atoms with Crippen molar-refractivity contribution < 1.29 is 14.4 Å². The van der Waals surface area contributed by atoms with Gasteiger partial charge >= 0.3 is 7.60 Å². The molecule has 0 amide bonds. The molecule has 0 atom stereocenters. The lowest BCUT2D eigenvalue weighted by Gasteiger charge is -2.06. The lowest BCUT2D eigenvalue weighted by molar-refractivity contribution is 0.371. The summed E-state index contributed by atoms with van der Waals surface area (Å²) >= 11 is 0. The number of nitrogen functional groups attached to an aromatic ring is 1. The van der Waals surface area contributed by atoms with Crippen LogP contribution in [0.2, 0.25) is 0 Å². The van der Waals surface area contributed by atoms with Crippen LogP contribution in [0.4, 0.5) is 5.69 Å². The average molecular weight is 330 g/mol. The van der Waals surface area contributed by atoms with Crippen molar-refractivity contribution in [2.45, 2.75) is 6.16 Å². The van der Waals surface area contributed by atoms with Gasteiger partial charge in [0, 0.05) is 11.3 Å². The van der Waals surface area contributed by atoms with E-state index in [4.69, 9.17) is 15.5 Å². The van der Waals surface area contributed by atoms with Crippen LogP contribution in [-0.2, 0) is 10.7 Å². The van der Waals surface area contributed by atoms with Gasteiger partial charge in [-0.3, -0.25) is 4.57 Å². The lowest BCUT2D eigenvalue weighted by atomic mass is 10.1. The molecule has 3 rings (SSSR count). The maximum Gasteiger partial charge on any atom is 0.329 e. The van der Waals surface area contributed by atoms with Gasteiger partial charge in [0.1, 0.15) is 5.69 Å². The fraction of sp³-hybridized carbons (Fsp3) is 0.0667. The summed E-state index contributed by atoms with van der Waals surface area (Å²) in [5.74, 6) is 0. The minimum absolute atomic E-state index is 0.305. The fourth-order valence-corrected chi connectivity index (χ4v) is 2.88. The topological polar surface area (TPSA) is 114 Å². The number of hydrogen-bond acceptors (Lipinski definition) is 4. The second kappa shape index (κ2) is 5.96. The van der Waals surface area contributed by atoms with Gasteiger partial charge in [-0.15, -0.1) is 5.10 Å². The number of anilines is 1. The van der Waals surface area contributed by atoms with Gasteiger partial charge in [-0.2, -0.15) is 0 Å². The lowest BCUT2D eigenvalue weighted by Crippen LogP contribution is -1.96. The van der Waals surface area contributed by atoms with Crippen LogP contribution in [0.5, 0.6) is 0 Å². The van der Waals surface area contributed by atoms with Gasteiger partial charge < -0.3 is 15.5 Å². The minimum Gasteiger partial charge on any atom is -0.399 e. The molecule has 0 aliphatic heterocycles. The largest absolute Gasteiger partial charge is 0.399 e. The van der Waals surface area contributed by atoms with Crippen molar-refractivity contribution in [3.05, 3.63) is 60.3 Å². The van der Waals surface area contributed by atoms with Crippen molar-refractivity contribution in [1.29, 1.82) is 0 Å². The molecule has 0 fully saturated rings. The van der Waals surface area contributed by atoms with Crippen molar-refractivity contribution >= 4 is 13.3 Å². The Balaban J connectivity index is 1.90. The third kappa shape index (κ3) is 3.84. The Morgan fingerprint density at radius 3 is 2.57 bits per heavy atom. The molecule has 7 nitrogen and oxygen atoms in total. The van der Waals surface area contributed by atoms with E-state index in [1.807, 2.05) is 12.1 Å². The fourth-order valence-electron chi connectivity index (χ4n) is 2.21. The van der Waals surface area contributed by atoms with Crippen molar-refractivity contribution in [2.75, 3.05) is 5.73 Å². The number of rotatable bonds is 4. The quantitative estimate of drug-likeness (QED) is 0.499. The predicted octanol–water partition coefficient (Wildman–Crippen LogP) is 2.19. The minimum atomic E-state index is -4.10. The zero-order valence-corrected chi connectivity index (χ0v) is 13.0. The maximum absolute atomic E-state index is 11.1. The standard InChI is InChI=1S/C15H15N4O3P/c16-13-6-4-12(5-7-13)15-9-19(18-17-15)14-3-1-2-11(8-14)10-23(20,21)22/h1-9H,10,16H2,(H2,20,21,22). The molecule has 4 N–H and O–H groups in total. The number of benzene rings is 2. The third-order valence-electron chi connectivity index (χ3n) is 3.26. The van der Waals surface area contributed by atoms with E-state index in [2.05, 4.69) is 10.3 Å². The molecule has 0 aliphatic carbocycles. The van der Waals surface area contributed by atoms with E-state index in [1.165, 1.54) is 0 Å². The van der Waals surface area contributed by atoms with Gasteiger partial charge in [-0.05, 0) is 29.8 Å². The molecule has 0 spiro atoms. The molecule has 1 aromatic heterocycles. The first-order valence-electron chi connectivity index (χ1n) is 6.83. The van der Waals surface area contributed by atoms with Gasteiger partial charge in [-0.25, -0.2) is 4.68 Å². The monoisotopic (exact) mass is 330 g/mol. The average Bonchev–Trinajstić information content (AvgIpc) is 2.96. The molecule has 3 aromatic rings. The summed E-state index contributed by atoms with van der Waals surface area (Å²) in [7, 11) is -4.10. The van der Waals surface area contributed by atoms with Crippen LogP contribution in [-0.4, -0.2) is 24.8 Å². The van der Waals surface area contributed by atoms with E-state index in [-0.39, 0.29) is 6.16 Å². The number of nitrogens with zero attached hydrogens (tertiary/aromatic N) is 3. The molecule has 0 radical (unpaired) electrons. The summed E-state index contributed by atoms with van der Waals surface area (Å²) in [6.45, 7) is 0. The van der Waals surface area contributed by atoms with Crippen molar-refractivity contribution in [3.63, 3.8) is 0 Å². The van der Waals surface area contributed by atoms with E-state index in [1.54, 1.807) is 47.3 Å². The molecule has 2 aromatic carbocycles. The maximum atomic E-state index is 11.1. The summed E-state index contributed by atoms with van der Waals surface area (Å²) in [6, 6.07) is 14.2. The highest BCUT2D eigenvalue weighted by Gasteiger charge is 2.14. The summed E-state index contributed by atoms with van der Waals surface area (Å²) in [4.78, 5) is 18.1. The summed E-state index contributed by atoms with van der Waals surface area (Å²) in [6.07, 6.45) is 1.45. The molecule has 0 saturated carbocycles. The van der Waals surface area contributed by atoms with Crippen LogP contribution in [0.15, 0.2) is 54.7 Å². The third-order valence-corrected chi connectivity index (χ3v) is 4.04. The summed E-state index contributed by atoms with van der Waals surface area (Å²) in [5, 5.41) is 8.18. The molecule has 23 heavy (non-hydrogen) atoms. The molecule has 118 valence electrons. The molecule has 0 bridgehead atoms. The van der Waals surface area contributed by atoms with Crippen LogP contribution < -0.4 is 5.73 Å². The molecule has 0 aliphatic rings. The van der Waals surface area contributed by atoms with Crippen LogP contribution in [0.1, 0.15) is 5.56 Å². The highest BCUT2D eigenvalue weighted by atomic mass is 31.2. The second-order valence-corrected chi connectivity index (χ2v) is 6.81. The normalized spacial score (nSPS) is 11.6. The molecular formula is C15H15N4O3P. The van der Waals surface area contributed by atoms with Crippen molar-refractivity contribution in [2.24, 2.45) is 0 Å². The highest BCUT2D eigenvalue weighted by Crippen LogP contribution is 2.39. The molecular weight excluding hydrogens is 315 g/mol. The van der Waals surface area contributed by atoms with Gasteiger partial charge in [-0.1, -0.05) is 29.5 Å². The first-order chi connectivity index (χ1) is 10.9. The molecule has 8 heteroatoms. The number of hydrogen-bond donors (Lipinski definition) is 3. The first-order valence-corrected chi connectivity index (χ1v) is 8.63. The molecule has 0 saturated heterocycles. The van der Waals surface area contributed by atoms with Gasteiger partial charge in [0.05, 0.1) is 18.0 Å². The Morgan fingerprint density at radius 1 is 1.13 bits per heavy atom. The second-order valence-electron chi connectivity index (χ2n) is 5.16. The zero-order chi connectivity index (χ0) is 16.4. The Bertz CT molecular complexity index is 870. The smallest absolute Gasteiger partial charge is 0.329 e. The Kier molecular flexibility index (Phi) is 4.00. The van der Waals surface area contributed by atoms with E-state index in [9.17, 15) is 4.57 Å². The van der Waals surface area contributed by atoms with Crippen molar-refractivity contribution in [3.8, 4) is 16.9 Å². The Morgan fingerprint density at radius 2 is 1.87 bits per heavy atom. The summed E-state index contributed by atoms with van der Waals surface area (Å²) in [5.41, 5.74) is 9.13. The summed E-state index contributed by atoms with van der Waals surface area (Å²) < 4.78 is 12.7. The first kappa shape index (κ1) is 15.4. The van der Waals surface area contributed by atoms with Crippen LogP contribution in [0.3, 0.4) is 0 Å². The van der Waals surface area contributed by atoms with E-state index in [0.29, 0.717) is 22.6 Å². The number of aromatic nitrogens is 3. The molecule has 0 unspecified atom stereocenters. The highest BCUT2D eigenvalue weighted by molar-refractivity contribution is 7.50. The van der Waals surface area contributed by atoms with Crippen LogP contribution in [0, 0.1) is 0 Å². The van der Waals surface area contributed by atoms with E-state index >= 15 is 0 Å². The van der Waals surface area contributed by atoms with E-state index in [0.717, 1.165) is 5.56 Å². The van der Waals surface area contributed by atoms with E-state index < -0.39 is 7.60 Å². The molecule has 1 heterocycles. The Hall–Kier alpha value is -2.47. The van der Waals surface area contributed by atoms with Gasteiger partial charge in [0.25, 0.3) is 0 Å². The predicted molar refractivity (Wildman–Crippen MR) is 87.0 cm³/mol. The zero-order valence-electron chi connectivity index (χ0n) is 12.1. The number of nitrogens with two attached hydrogens (primary N) is 1. The van der Waals surface area contributed by atoms with Crippen molar-refractivity contribution in [1.82, 2.24) is 15.0 Å². The Labute approximate surface area is 132 Å². The van der Waals surface area contributed by atoms with Crippen LogP contribution >= 0.6 is 7.60 Å². The van der Waals surface area contributed by atoms with Crippen LogP contribution in [0.25, 0.3) is 16.9 Å². The SMILES string of the molecule is Nc1ccc(-c2cn(-c3cccc(CP(=O)(O)O)c3)nn2)cc1. The van der Waals surface area contributed by atoms with Gasteiger partial charge in [0.2, 0.25) is 0 Å². The van der Waals surface area contributed by atoms with Gasteiger partial charge in [0.15, 0.2) is 0 Å².